The Balaban J connectivity index is 1.31. The van der Waals surface area contributed by atoms with E-state index in [0.717, 1.165) is 43.6 Å². The van der Waals surface area contributed by atoms with Crippen LogP contribution in [0.5, 0.6) is 0 Å². The van der Waals surface area contributed by atoms with Crippen LogP contribution in [0.1, 0.15) is 42.7 Å². The highest BCUT2D eigenvalue weighted by Crippen LogP contribution is 2.47. The molecule has 0 spiro atoms. The Hall–Kier alpha value is -1.60. The Morgan fingerprint density at radius 3 is 2.69 bits per heavy atom. The van der Waals surface area contributed by atoms with Crippen LogP contribution in [0.25, 0.3) is 0 Å². The van der Waals surface area contributed by atoms with Crippen LogP contribution < -0.4 is 5.32 Å². The average Bonchev–Trinajstić information content (AvgIpc) is 3.25. The quantitative estimate of drug-likeness (QED) is 0.712. The van der Waals surface area contributed by atoms with Gasteiger partial charge in [0.25, 0.3) is 0 Å². The standard InChI is InChI=1S/C19H24F3NO3/c20-19(21,22)14-6-4-13(5-7-14)16-11-17(16)18(24)23-8-2-9-25-12-15-3-1-10-26-15/h4-7,15-17H,1-3,8-12H2,(H,23,24). The maximum Gasteiger partial charge on any atom is 0.416 e. The second kappa shape index (κ2) is 8.39. The van der Waals surface area contributed by atoms with Gasteiger partial charge < -0.3 is 14.8 Å². The first-order chi connectivity index (χ1) is 12.4. The number of halogens is 3. The fourth-order valence-electron chi connectivity index (χ4n) is 3.28. The monoisotopic (exact) mass is 371 g/mol. The first-order valence-electron chi connectivity index (χ1n) is 9.09. The molecule has 0 bridgehead atoms. The molecule has 1 heterocycles. The number of amides is 1. The predicted octanol–water partition coefficient (Wildman–Crippen LogP) is 3.51. The third-order valence-corrected chi connectivity index (χ3v) is 4.89. The Bertz CT molecular complexity index is 597. The van der Waals surface area contributed by atoms with Crippen LogP contribution in [0.4, 0.5) is 13.2 Å². The number of hydrogen-bond donors (Lipinski definition) is 1. The summed E-state index contributed by atoms with van der Waals surface area (Å²) >= 11 is 0. The second-order valence-corrected chi connectivity index (χ2v) is 6.92. The molecule has 1 aromatic rings. The molecular weight excluding hydrogens is 347 g/mol. The van der Waals surface area contributed by atoms with Gasteiger partial charge in [-0.25, -0.2) is 0 Å². The maximum atomic E-state index is 12.6. The molecule has 4 nitrogen and oxygen atoms in total. The zero-order chi connectivity index (χ0) is 18.6. The zero-order valence-corrected chi connectivity index (χ0v) is 14.6. The number of alkyl halides is 3. The molecule has 1 amide bonds. The van der Waals surface area contributed by atoms with Crippen molar-refractivity contribution < 1.29 is 27.4 Å². The number of rotatable bonds is 8. The Labute approximate surface area is 151 Å². The van der Waals surface area contributed by atoms with Crippen LogP contribution in [0.2, 0.25) is 0 Å². The molecule has 1 aliphatic heterocycles. The molecule has 1 N–H and O–H groups in total. The van der Waals surface area contributed by atoms with Gasteiger partial charge in [0.1, 0.15) is 0 Å². The molecule has 1 aromatic carbocycles. The Morgan fingerprint density at radius 1 is 1.27 bits per heavy atom. The third-order valence-electron chi connectivity index (χ3n) is 4.89. The summed E-state index contributed by atoms with van der Waals surface area (Å²) in [6.45, 7) is 2.53. The van der Waals surface area contributed by atoms with E-state index in [1.807, 2.05) is 0 Å². The summed E-state index contributed by atoms with van der Waals surface area (Å²) in [4.78, 5) is 12.1. The minimum absolute atomic E-state index is 0.0213. The van der Waals surface area contributed by atoms with Gasteiger partial charge in [0.05, 0.1) is 18.3 Å². The van der Waals surface area contributed by atoms with E-state index in [9.17, 15) is 18.0 Å². The lowest BCUT2D eigenvalue weighted by molar-refractivity contribution is -0.137. The van der Waals surface area contributed by atoms with Crippen molar-refractivity contribution in [1.82, 2.24) is 5.32 Å². The summed E-state index contributed by atoms with van der Waals surface area (Å²) in [6.07, 6.45) is -0.566. The number of nitrogens with one attached hydrogen (secondary N) is 1. The molecule has 7 heteroatoms. The highest BCUT2D eigenvalue weighted by atomic mass is 19.4. The molecule has 3 atom stereocenters. The van der Waals surface area contributed by atoms with Gasteiger partial charge in [-0.1, -0.05) is 12.1 Å². The molecular formula is C19H24F3NO3. The normalized spacial score (nSPS) is 25.3. The van der Waals surface area contributed by atoms with Gasteiger partial charge in [-0.15, -0.1) is 0 Å². The fraction of sp³-hybridized carbons (Fsp3) is 0.632. The minimum atomic E-state index is -4.33. The van der Waals surface area contributed by atoms with Crippen molar-refractivity contribution in [3.05, 3.63) is 35.4 Å². The van der Waals surface area contributed by atoms with Crippen molar-refractivity contribution >= 4 is 5.91 Å². The maximum absolute atomic E-state index is 12.6. The van der Waals surface area contributed by atoms with Gasteiger partial charge in [-0.3, -0.25) is 4.79 Å². The van der Waals surface area contributed by atoms with Crippen molar-refractivity contribution in [3.8, 4) is 0 Å². The van der Waals surface area contributed by atoms with Crippen molar-refractivity contribution in [1.29, 1.82) is 0 Å². The molecule has 0 radical (unpaired) electrons. The van der Waals surface area contributed by atoms with E-state index in [4.69, 9.17) is 9.47 Å². The smallest absolute Gasteiger partial charge is 0.379 e. The summed E-state index contributed by atoms with van der Waals surface area (Å²) in [5.41, 5.74) is 0.129. The first-order valence-corrected chi connectivity index (χ1v) is 9.09. The molecule has 3 rings (SSSR count). The summed E-state index contributed by atoms with van der Waals surface area (Å²) in [7, 11) is 0. The van der Waals surface area contributed by atoms with Crippen LogP contribution in [0.15, 0.2) is 24.3 Å². The highest BCUT2D eigenvalue weighted by Gasteiger charge is 2.44. The molecule has 144 valence electrons. The Kier molecular flexibility index (Phi) is 6.19. The van der Waals surface area contributed by atoms with Crippen LogP contribution in [0.3, 0.4) is 0 Å². The molecule has 3 unspecified atom stereocenters. The number of hydrogen-bond acceptors (Lipinski definition) is 3. The Morgan fingerprint density at radius 2 is 2.04 bits per heavy atom. The van der Waals surface area contributed by atoms with Gasteiger partial charge in [-0.05, 0) is 49.3 Å². The summed E-state index contributed by atoms with van der Waals surface area (Å²) < 4.78 is 48.7. The number of ether oxygens (including phenoxy) is 2. The third kappa shape index (κ3) is 5.20. The van der Waals surface area contributed by atoms with Crippen molar-refractivity contribution in [2.45, 2.75) is 43.9 Å². The molecule has 0 aromatic heterocycles. The van der Waals surface area contributed by atoms with E-state index in [-0.39, 0.29) is 23.8 Å². The van der Waals surface area contributed by atoms with E-state index in [0.29, 0.717) is 26.2 Å². The van der Waals surface area contributed by atoms with E-state index in [1.165, 1.54) is 12.1 Å². The second-order valence-electron chi connectivity index (χ2n) is 6.92. The topological polar surface area (TPSA) is 47.6 Å². The van der Waals surface area contributed by atoms with Gasteiger partial charge in [0.15, 0.2) is 0 Å². The summed E-state index contributed by atoms with van der Waals surface area (Å²) in [6, 6.07) is 5.10. The molecule has 1 aliphatic carbocycles. The van der Waals surface area contributed by atoms with E-state index < -0.39 is 11.7 Å². The minimum Gasteiger partial charge on any atom is -0.379 e. The average molecular weight is 371 g/mol. The van der Waals surface area contributed by atoms with E-state index in [1.54, 1.807) is 0 Å². The molecule has 26 heavy (non-hydrogen) atoms. The SMILES string of the molecule is O=C(NCCCOCC1CCCO1)C1CC1c1ccc(C(F)(F)F)cc1. The summed E-state index contributed by atoms with van der Waals surface area (Å²) in [5, 5.41) is 2.88. The zero-order valence-electron chi connectivity index (χ0n) is 14.6. The highest BCUT2D eigenvalue weighted by molar-refractivity contribution is 5.82. The van der Waals surface area contributed by atoms with Crippen molar-refractivity contribution in [2.75, 3.05) is 26.4 Å². The number of carbonyl (C=O) groups is 1. The lowest BCUT2D eigenvalue weighted by Crippen LogP contribution is -2.27. The number of benzene rings is 1. The van der Waals surface area contributed by atoms with Crippen LogP contribution in [-0.2, 0) is 20.4 Å². The van der Waals surface area contributed by atoms with Crippen molar-refractivity contribution in [2.24, 2.45) is 5.92 Å². The lowest BCUT2D eigenvalue weighted by Gasteiger charge is -2.10. The largest absolute Gasteiger partial charge is 0.416 e. The van der Waals surface area contributed by atoms with E-state index in [2.05, 4.69) is 5.32 Å². The molecule has 1 saturated heterocycles. The first kappa shape index (κ1) is 19.2. The lowest BCUT2D eigenvalue weighted by atomic mass is 10.1. The summed E-state index contributed by atoms with van der Waals surface area (Å²) in [5.74, 6) is -0.151. The molecule has 2 fully saturated rings. The molecule has 2 aliphatic rings. The van der Waals surface area contributed by atoms with Gasteiger partial charge in [0, 0.05) is 25.7 Å². The van der Waals surface area contributed by atoms with E-state index >= 15 is 0 Å². The van der Waals surface area contributed by atoms with Crippen molar-refractivity contribution in [3.63, 3.8) is 0 Å². The van der Waals surface area contributed by atoms with Gasteiger partial charge in [0.2, 0.25) is 5.91 Å². The number of carbonyl (C=O) groups excluding carboxylic acids is 1. The van der Waals surface area contributed by atoms with Crippen LogP contribution >= 0.6 is 0 Å². The predicted molar refractivity (Wildman–Crippen MR) is 89.7 cm³/mol. The van der Waals surface area contributed by atoms with Gasteiger partial charge >= 0.3 is 6.18 Å². The fourth-order valence-corrected chi connectivity index (χ4v) is 3.28. The van der Waals surface area contributed by atoms with Crippen LogP contribution in [0, 0.1) is 5.92 Å². The van der Waals surface area contributed by atoms with Gasteiger partial charge in [-0.2, -0.15) is 13.2 Å². The molecule has 1 saturated carbocycles. The van der Waals surface area contributed by atoms with Crippen LogP contribution in [-0.4, -0.2) is 38.4 Å².